The van der Waals surface area contributed by atoms with Crippen LogP contribution in [0.25, 0.3) is 0 Å². The lowest BCUT2D eigenvalue weighted by Crippen LogP contribution is -2.41. The summed E-state index contributed by atoms with van der Waals surface area (Å²) in [6.07, 6.45) is 3.32. The number of carbonyl (C=O) groups excluding carboxylic acids is 1. The number of benzene rings is 1. The molecule has 1 aromatic carbocycles. The van der Waals surface area contributed by atoms with Gasteiger partial charge in [-0.3, -0.25) is 4.79 Å². The number of nitrogens with one attached hydrogen (secondary N) is 1. The van der Waals surface area contributed by atoms with Gasteiger partial charge in [0.05, 0.1) is 16.1 Å². The van der Waals surface area contributed by atoms with Gasteiger partial charge in [-0.1, -0.05) is 35.3 Å². The molecule has 0 unspecified atom stereocenters. The second-order valence-electron chi connectivity index (χ2n) is 4.14. The van der Waals surface area contributed by atoms with Crippen molar-refractivity contribution in [2.75, 3.05) is 18.6 Å². The van der Waals surface area contributed by atoms with Crippen LogP contribution in [0.5, 0.6) is 0 Å². The highest BCUT2D eigenvalue weighted by Gasteiger charge is 2.12. The van der Waals surface area contributed by atoms with E-state index in [0.29, 0.717) is 29.4 Å². The van der Waals surface area contributed by atoms with Crippen LogP contribution in [-0.4, -0.2) is 30.5 Å². The molecule has 0 aliphatic carbocycles. The van der Waals surface area contributed by atoms with Gasteiger partial charge >= 0.3 is 0 Å². The molecule has 0 spiro atoms. The Balaban J connectivity index is 2.37. The van der Waals surface area contributed by atoms with Crippen LogP contribution in [0.4, 0.5) is 0 Å². The summed E-state index contributed by atoms with van der Waals surface area (Å²) in [7, 11) is 0. The van der Waals surface area contributed by atoms with Crippen LogP contribution in [0.2, 0.25) is 10.0 Å². The molecule has 0 saturated heterocycles. The second-order valence-corrected chi connectivity index (χ2v) is 5.91. The summed E-state index contributed by atoms with van der Waals surface area (Å²) in [5, 5.41) is 3.89. The summed E-state index contributed by atoms with van der Waals surface area (Å²) in [4.78, 5) is 11.7. The summed E-state index contributed by atoms with van der Waals surface area (Å²) >= 11 is 13.7. The first-order valence-corrected chi connectivity index (χ1v) is 8.16. The van der Waals surface area contributed by atoms with Gasteiger partial charge in [-0.05, 0) is 36.5 Å². The van der Waals surface area contributed by atoms with Crippen LogP contribution in [0, 0.1) is 0 Å². The Morgan fingerprint density at radius 3 is 2.89 bits per heavy atom. The van der Waals surface area contributed by atoms with Gasteiger partial charge in [-0.15, -0.1) is 0 Å². The molecule has 1 atom stereocenters. The number of carbonyl (C=O) groups is 1. The molecule has 1 rings (SSSR count). The van der Waals surface area contributed by atoms with Crippen molar-refractivity contribution < 1.29 is 4.79 Å². The highest BCUT2D eigenvalue weighted by atomic mass is 35.5. The molecule has 3 nitrogen and oxygen atoms in total. The van der Waals surface area contributed by atoms with Crippen LogP contribution in [0.1, 0.15) is 12.0 Å². The normalized spacial score (nSPS) is 12.2. The molecular formula is C13H18Cl2N2OS. The van der Waals surface area contributed by atoms with Gasteiger partial charge in [0, 0.05) is 6.54 Å². The summed E-state index contributed by atoms with van der Waals surface area (Å²) in [6, 6.07) is 5.04. The minimum Gasteiger partial charge on any atom is -0.354 e. The van der Waals surface area contributed by atoms with E-state index in [1.54, 1.807) is 17.8 Å². The molecule has 1 amide bonds. The number of hydrogen-bond acceptors (Lipinski definition) is 3. The minimum absolute atomic E-state index is 0.118. The summed E-state index contributed by atoms with van der Waals surface area (Å²) in [6.45, 7) is 0.506. The Morgan fingerprint density at radius 2 is 2.21 bits per heavy atom. The van der Waals surface area contributed by atoms with Gasteiger partial charge in [0.2, 0.25) is 5.91 Å². The van der Waals surface area contributed by atoms with Crippen LogP contribution >= 0.6 is 35.0 Å². The quantitative estimate of drug-likeness (QED) is 0.812. The first-order chi connectivity index (χ1) is 9.06. The van der Waals surface area contributed by atoms with Crippen molar-refractivity contribution in [3.8, 4) is 0 Å². The van der Waals surface area contributed by atoms with Crippen molar-refractivity contribution in [2.24, 2.45) is 5.73 Å². The fourth-order valence-corrected chi connectivity index (χ4v) is 2.47. The molecule has 0 saturated carbocycles. The third kappa shape index (κ3) is 5.61. The first kappa shape index (κ1) is 16.6. The number of thioether (sulfide) groups is 1. The van der Waals surface area contributed by atoms with Gasteiger partial charge in [-0.2, -0.15) is 11.8 Å². The van der Waals surface area contributed by atoms with E-state index in [4.69, 9.17) is 28.9 Å². The number of rotatable bonds is 7. The highest BCUT2D eigenvalue weighted by molar-refractivity contribution is 7.98. The Hall–Kier alpha value is -0.420. The van der Waals surface area contributed by atoms with E-state index in [1.165, 1.54) is 0 Å². The molecule has 0 fully saturated rings. The largest absolute Gasteiger partial charge is 0.354 e. The fraction of sp³-hybridized carbons (Fsp3) is 0.462. The van der Waals surface area contributed by atoms with Gasteiger partial charge in [0.25, 0.3) is 0 Å². The van der Waals surface area contributed by atoms with Gasteiger partial charge < -0.3 is 11.1 Å². The van der Waals surface area contributed by atoms with Crippen molar-refractivity contribution in [2.45, 2.75) is 18.9 Å². The smallest absolute Gasteiger partial charge is 0.236 e. The van der Waals surface area contributed by atoms with Gasteiger partial charge in [0.15, 0.2) is 0 Å². The summed E-state index contributed by atoms with van der Waals surface area (Å²) in [5.41, 5.74) is 6.69. The monoisotopic (exact) mass is 320 g/mol. The lowest BCUT2D eigenvalue weighted by atomic mass is 10.1. The van der Waals surface area contributed by atoms with E-state index in [9.17, 15) is 4.79 Å². The maximum atomic E-state index is 11.7. The maximum absolute atomic E-state index is 11.7. The van der Waals surface area contributed by atoms with Gasteiger partial charge in [-0.25, -0.2) is 0 Å². The van der Waals surface area contributed by atoms with Crippen molar-refractivity contribution in [1.82, 2.24) is 5.32 Å². The molecular weight excluding hydrogens is 303 g/mol. The molecule has 19 heavy (non-hydrogen) atoms. The van der Waals surface area contributed by atoms with Crippen LogP contribution in [0.15, 0.2) is 18.2 Å². The molecule has 106 valence electrons. The summed E-state index contributed by atoms with van der Waals surface area (Å²) in [5.74, 6) is 0.765. The van der Waals surface area contributed by atoms with Crippen molar-refractivity contribution in [3.63, 3.8) is 0 Å². The zero-order valence-corrected chi connectivity index (χ0v) is 13.1. The van der Waals surface area contributed by atoms with E-state index < -0.39 is 6.04 Å². The third-order valence-electron chi connectivity index (χ3n) is 2.69. The van der Waals surface area contributed by atoms with E-state index in [0.717, 1.165) is 11.3 Å². The Morgan fingerprint density at radius 1 is 1.47 bits per heavy atom. The zero-order chi connectivity index (χ0) is 14.3. The Bertz CT molecular complexity index is 429. The number of hydrogen-bond donors (Lipinski definition) is 2. The minimum atomic E-state index is -0.442. The molecule has 6 heteroatoms. The Labute approximate surface area is 128 Å². The van der Waals surface area contributed by atoms with Crippen molar-refractivity contribution in [1.29, 1.82) is 0 Å². The molecule has 3 N–H and O–H groups in total. The topological polar surface area (TPSA) is 55.1 Å². The lowest BCUT2D eigenvalue weighted by molar-refractivity contribution is -0.122. The highest BCUT2D eigenvalue weighted by Crippen LogP contribution is 2.25. The molecule has 0 bridgehead atoms. The van der Waals surface area contributed by atoms with Crippen molar-refractivity contribution in [3.05, 3.63) is 33.8 Å². The van der Waals surface area contributed by atoms with Crippen LogP contribution < -0.4 is 11.1 Å². The second kappa shape index (κ2) is 8.69. The Kier molecular flexibility index (Phi) is 7.61. The van der Waals surface area contributed by atoms with Crippen LogP contribution in [-0.2, 0) is 11.2 Å². The molecule has 1 aromatic rings. The van der Waals surface area contributed by atoms with E-state index in [2.05, 4.69) is 5.32 Å². The van der Waals surface area contributed by atoms with Gasteiger partial charge in [0.1, 0.15) is 0 Å². The van der Waals surface area contributed by atoms with E-state index in [1.807, 2.05) is 18.4 Å². The SMILES string of the molecule is CSCC[C@H](N)C(=O)NCCc1cccc(Cl)c1Cl. The molecule has 0 aliphatic rings. The third-order valence-corrected chi connectivity index (χ3v) is 4.20. The number of amides is 1. The molecule has 0 aliphatic heterocycles. The van der Waals surface area contributed by atoms with Crippen LogP contribution in [0.3, 0.4) is 0 Å². The number of nitrogens with two attached hydrogens (primary N) is 1. The zero-order valence-electron chi connectivity index (χ0n) is 10.8. The maximum Gasteiger partial charge on any atom is 0.236 e. The summed E-state index contributed by atoms with van der Waals surface area (Å²) < 4.78 is 0. The lowest BCUT2D eigenvalue weighted by Gasteiger charge is -2.12. The standard InChI is InChI=1S/C13H18Cl2N2OS/c1-19-8-6-11(16)13(18)17-7-5-9-3-2-4-10(14)12(9)15/h2-4,11H,5-8,16H2,1H3,(H,17,18)/t11-/m0/s1. The molecule has 0 radical (unpaired) electrons. The van der Waals surface area contributed by atoms with E-state index in [-0.39, 0.29) is 5.91 Å². The fourth-order valence-electron chi connectivity index (χ4n) is 1.57. The predicted molar refractivity (Wildman–Crippen MR) is 84.2 cm³/mol. The molecule has 0 aromatic heterocycles. The average molecular weight is 321 g/mol. The van der Waals surface area contributed by atoms with Crippen molar-refractivity contribution >= 4 is 40.9 Å². The number of halogens is 2. The average Bonchev–Trinajstić information content (AvgIpc) is 2.40. The first-order valence-electron chi connectivity index (χ1n) is 6.01. The van der Waals surface area contributed by atoms with E-state index >= 15 is 0 Å². The predicted octanol–water partition coefficient (Wildman–Crippen LogP) is 2.73. The molecule has 0 heterocycles.